The highest BCUT2D eigenvalue weighted by atomic mass is 32.1. The van der Waals surface area contributed by atoms with Gasteiger partial charge >= 0.3 is 0 Å². The Bertz CT molecular complexity index is 1030. The minimum absolute atomic E-state index is 0.135. The number of nitrogens with zero attached hydrogens (tertiary/aromatic N) is 2. The van der Waals surface area contributed by atoms with Crippen LogP contribution in [0.2, 0.25) is 0 Å². The van der Waals surface area contributed by atoms with Crippen LogP contribution >= 0.6 is 11.3 Å². The van der Waals surface area contributed by atoms with Gasteiger partial charge in [0.05, 0.1) is 16.3 Å². The van der Waals surface area contributed by atoms with Crippen LogP contribution in [0.4, 0.5) is 5.69 Å². The number of carbonyl (C=O) groups is 2. The molecule has 0 fully saturated rings. The highest BCUT2D eigenvalue weighted by molar-refractivity contribution is 7.18. The van der Waals surface area contributed by atoms with E-state index in [2.05, 4.69) is 16.4 Å². The van der Waals surface area contributed by atoms with Gasteiger partial charge in [-0.15, -0.1) is 11.3 Å². The van der Waals surface area contributed by atoms with Crippen molar-refractivity contribution in [2.45, 2.75) is 39.0 Å². The summed E-state index contributed by atoms with van der Waals surface area (Å²) >= 11 is 1.37. The van der Waals surface area contributed by atoms with Crippen LogP contribution in [0.5, 0.6) is 0 Å². The van der Waals surface area contributed by atoms with Crippen LogP contribution in [-0.4, -0.2) is 16.7 Å². The van der Waals surface area contributed by atoms with Crippen LogP contribution in [0.25, 0.3) is 10.2 Å². The van der Waals surface area contributed by atoms with Crippen molar-refractivity contribution in [1.29, 1.82) is 5.26 Å². The Morgan fingerprint density at radius 3 is 2.64 bits per heavy atom. The molecule has 0 radical (unpaired) electrons. The first-order valence-corrected chi connectivity index (χ1v) is 9.94. The van der Waals surface area contributed by atoms with Crippen LogP contribution in [0.3, 0.4) is 0 Å². The van der Waals surface area contributed by atoms with Gasteiger partial charge in [0.15, 0.2) is 11.7 Å². The monoisotopic (exact) mass is 391 g/mol. The van der Waals surface area contributed by atoms with Gasteiger partial charge in [-0.2, -0.15) is 5.26 Å². The van der Waals surface area contributed by atoms with Crippen LogP contribution in [0.15, 0.2) is 42.5 Å². The van der Waals surface area contributed by atoms with Gasteiger partial charge in [-0.05, 0) is 55.7 Å². The third kappa shape index (κ3) is 4.62. The first-order valence-electron chi connectivity index (χ1n) is 9.13. The van der Waals surface area contributed by atoms with E-state index >= 15 is 0 Å². The fourth-order valence-electron chi connectivity index (χ4n) is 2.89. The normalized spacial score (nSPS) is 11.8. The zero-order valence-electron chi connectivity index (χ0n) is 15.9. The lowest BCUT2D eigenvalue weighted by Gasteiger charge is -2.08. The zero-order chi connectivity index (χ0) is 20.1. The number of Topliss-reactive ketones (excluding diaryl/α,β-unsaturated/α-hetero) is 1. The molecule has 1 N–H and O–H groups in total. The lowest BCUT2D eigenvalue weighted by atomic mass is 10.0. The third-order valence-corrected chi connectivity index (χ3v) is 5.73. The lowest BCUT2D eigenvalue weighted by molar-refractivity contribution is -0.119. The Morgan fingerprint density at radius 1 is 1.14 bits per heavy atom. The van der Waals surface area contributed by atoms with E-state index in [1.165, 1.54) is 16.9 Å². The number of aryl methyl sites for hydroxylation is 2. The number of amides is 1. The second-order valence-electron chi connectivity index (χ2n) is 6.75. The van der Waals surface area contributed by atoms with Crippen molar-refractivity contribution in [3.8, 4) is 6.07 Å². The van der Waals surface area contributed by atoms with Gasteiger partial charge in [0, 0.05) is 18.5 Å². The molecule has 3 rings (SSSR count). The number of para-hydroxylation sites is 1. The minimum Gasteiger partial charge on any atom is -0.326 e. The first kappa shape index (κ1) is 19.7. The maximum atomic E-state index is 12.5. The van der Waals surface area contributed by atoms with Crippen molar-refractivity contribution in [2.75, 3.05) is 5.32 Å². The third-order valence-electron chi connectivity index (χ3n) is 4.63. The summed E-state index contributed by atoms with van der Waals surface area (Å²) in [5.74, 6) is -1.20. The molecule has 0 unspecified atom stereocenters. The van der Waals surface area contributed by atoms with E-state index in [1.54, 1.807) is 0 Å². The molecule has 0 aliphatic carbocycles. The highest BCUT2D eigenvalue weighted by Crippen LogP contribution is 2.28. The smallest absolute Gasteiger partial charge is 0.224 e. The largest absolute Gasteiger partial charge is 0.326 e. The molecule has 28 heavy (non-hydrogen) atoms. The summed E-state index contributed by atoms with van der Waals surface area (Å²) in [5.41, 5.74) is 3.83. The topological polar surface area (TPSA) is 82.9 Å². The molecule has 6 heteroatoms. The van der Waals surface area contributed by atoms with E-state index < -0.39 is 5.92 Å². The number of ketones is 1. The van der Waals surface area contributed by atoms with Crippen molar-refractivity contribution >= 4 is 38.9 Å². The Hall–Kier alpha value is -3.04. The SMILES string of the molecule is Cc1ccc(NC(=O)CCCC(=O)[C@H](C#N)c2nc3ccccc3s2)cc1C. The quantitative estimate of drug-likeness (QED) is 0.621. The van der Waals surface area contributed by atoms with Gasteiger partial charge in [-0.3, -0.25) is 9.59 Å². The number of hydrogen-bond donors (Lipinski definition) is 1. The molecule has 1 aromatic heterocycles. The molecular weight excluding hydrogens is 370 g/mol. The van der Waals surface area contributed by atoms with Gasteiger partial charge < -0.3 is 5.32 Å². The predicted octanol–water partition coefficient (Wildman–Crippen LogP) is 4.90. The molecule has 142 valence electrons. The van der Waals surface area contributed by atoms with Crippen LogP contribution in [0, 0.1) is 25.2 Å². The standard InChI is InChI=1S/C22H21N3O2S/c1-14-10-11-16(12-15(14)2)24-21(27)9-5-7-19(26)17(13-23)22-25-18-6-3-4-8-20(18)28-22/h3-4,6,8,10-12,17H,5,7,9H2,1-2H3,(H,24,27)/t17-/m0/s1. The van der Waals surface area contributed by atoms with Gasteiger partial charge in [-0.25, -0.2) is 4.98 Å². The fourth-order valence-corrected chi connectivity index (χ4v) is 3.92. The number of thiazole rings is 1. The van der Waals surface area contributed by atoms with E-state index in [0.29, 0.717) is 11.4 Å². The van der Waals surface area contributed by atoms with Gasteiger partial charge in [0.2, 0.25) is 5.91 Å². The molecule has 1 amide bonds. The summed E-state index contributed by atoms with van der Waals surface area (Å²) in [7, 11) is 0. The lowest BCUT2D eigenvalue weighted by Crippen LogP contribution is -2.14. The number of aromatic nitrogens is 1. The maximum Gasteiger partial charge on any atom is 0.224 e. The second-order valence-corrected chi connectivity index (χ2v) is 7.81. The van der Waals surface area contributed by atoms with E-state index in [0.717, 1.165) is 21.5 Å². The van der Waals surface area contributed by atoms with Crippen molar-refractivity contribution < 1.29 is 9.59 Å². The van der Waals surface area contributed by atoms with Crippen molar-refractivity contribution in [3.63, 3.8) is 0 Å². The number of hydrogen-bond acceptors (Lipinski definition) is 5. The summed E-state index contributed by atoms with van der Waals surface area (Å²) in [6, 6.07) is 15.4. The Balaban J connectivity index is 1.54. The molecule has 0 aliphatic rings. The molecule has 0 spiro atoms. The van der Waals surface area contributed by atoms with Crippen molar-refractivity contribution in [2.24, 2.45) is 0 Å². The molecular formula is C22H21N3O2S. The average Bonchev–Trinajstić information content (AvgIpc) is 3.09. The first-order chi connectivity index (χ1) is 13.5. The molecule has 0 aliphatic heterocycles. The minimum atomic E-state index is -0.875. The van der Waals surface area contributed by atoms with Gasteiger partial charge in [0.1, 0.15) is 5.01 Å². The summed E-state index contributed by atoms with van der Waals surface area (Å²) in [5, 5.41) is 12.8. The zero-order valence-corrected chi connectivity index (χ0v) is 16.7. The Labute approximate surface area is 168 Å². The molecule has 5 nitrogen and oxygen atoms in total. The summed E-state index contributed by atoms with van der Waals surface area (Å²) in [4.78, 5) is 29.0. The number of carbonyl (C=O) groups excluding carboxylic acids is 2. The van der Waals surface area contributed by atoms with Gasteiger partial charge in [0.25, 0.3) is 0 Å². The van der Waals surface area contributed by atoms with Crippen molar-refractivity contribution in [3.05, 3.63) is 58.6 Å². The maximum absolute atomic E-state index is 12.5. The number of anilines is 1. The number of benzene rings is 2. The number of fused-ring (bicyclic) bond motifs is 1. The van der Waals surface area contributed by atoms with E-state index in [1.807, 2.05) is 56.3 Å². The van der Waals surface area contributed by atoms with E-state index in [-0.39, 0.29) is 24.5 Å². The van der Waals surface area contributed by atoms with Gasteiger partial charge in [-0.1, -0.05) is 18.2 Å². The molecule has 0 bridgehead atoms. The average molecular weight is 391 g/mol. The molecule has 1 heterocycles. The molecule has 0 saturated heterocycles. The van der Waals surface area contributed by atoms with Crippen LogP contribution in [0.1, 0.15) is 41.3 Å². The Kier molecular flexibility index (Phi) is 6.17. The van der Waals surface area contributed by atoms with E-state index in [9.17, 15) is 14.9 Å². The van der Waals surface area contributed by atoms with Crippen molar-refractivity contribution in [1.82, 2.24) is 4.98 Å². The summed E-state index contributed by atoms with van der Waals surface area (Å²) in [6.07, 6.45) is 0.809. The Morgan fingerprint density at radius 2 is 1.93 bits per heavy atom. The van der Waals surface area contributed by atoms with E-state index in [4.69, 9.17) is 0 Å². The molecule has 2 aromatic carbocycles. The number of nitriles is 1. The molecule has 3 aromatic rings. The number of nitrogens with one attached hydrogen (secondary N) is 1. The summed E-state index contributed by atoms with van der Waals surface area (Å²) in [6.45, 7) is 4.01. The molecule has 0 saturated carbocycles. The second kappa shape index (κ2) is 8.77. The highest BCUT2D eigenvalue weighted by Gasteiger charge is 2.23. The van der Waals surface area contributed by atoms with Crippen LogP contribution in [-0.2, 0) is 9.59 Å². The molecule has 1 atom stereocenters. The predicted molar refractivity (Wildman–Crippen MR) is 111 cm³/mol. The fraction of sp³-hybridized carbons (Fsp3) is 0.273. The summed E-state index contributed by atoms with van der Waals surface area (Å²) < 4.78 is 0.957. The number of rotatable bonds is 7. The van der Waals surface area contributed by atoms with Crippen LogP contribution < -0.4 is 5.32 Å².